The molecule has 140 valence electrons. The maximum Gasteiger partial charge on any atom is 0.317 e. The third kappa shape index (κ3) is 6.47. The van der Waals surface area contributed by atoms with Crippen molar-refractivity contribution < 1.29 is 9.47 Å². The number of hydrogen-bond acceptors (Lipinski definition) is 4. The Bertz CT molecular complexity index is 716. The van der Waals surface area contributed by atoms with E-state index in [4.69, 9.17) is 21.1 Å². The van der Waals surface area contributed by atoms with Crippen LogP contribution >= 0.6 is 37.6 Å². The summed E-state index contributed by atoms with van der Waals surface area (Å²) in [5.74, 6) is 1.58. The van der Waals surface area contributed by atoms with Crippen LogP contribution in [0.2, 0.25) is 5.02 Å². The summed E-state index contributed by atoms with van der Waals surface area (Å²) in [5, 5.41) is 5.10. The Labute approximate surface area is 164 Å². The highest BCUT2D eigenvalue weighted by Crippen LogP contribution is 2.33. The smallest absolute Gasteiger partial charge is 0.317 e. The maximum absolute atomic E-state index is 6.32. The van der Waals surface area contributed by atoms with Crippen LogP contribution in [-0.4, -0.2) is 52.0 Å². The molecule has 0 aliphatic carbocycles. The maximum atomic E-state index is 6.32. The third-order valence-electron chi connectivity index (χ3n) is 3.20. The van der Waals surface area contributed by atoms with Gasteiger partial charge in [-0.15, -0.1) is 5.10 Å². The van der Waals surface area contributed by atoms with Gasteiger partial charge in [0.1, 0.15) is 6.73 Å². The molecule has 0 saturated carbocycles. The molecule has 1 aromatic carbocycles. The first-order valence-corrected chi connectivity index (χ1v) is 12.2. The van der Waals surface area contributed by atoms with Crippen LogP contribution in [0.15, 0.2) is 22.7 Å². The predicted molar refractivity (Wildman–Crippen MR) is 110 cm³/mol. The van der Waals surface area contributed by atoms with Crippen LogP contribution in [0.4, 0.5) is 0 Å². The summed E-state index contributed by atoms with van der Waals surface area (Å²) >= 11 is 9.73. The zero-order valence-corrected chi connectivity index (χ0v) is 18.4. The van der Waals surface area contributed by atoms with Crippen LogP contribution in [-0.2, 0) is 11.5 Å². The molecule has 0 N–H and O–H groups in total. The molecule has 1 aromatic heterocycles. The lowest BCUT2D eigenvalue weighted by atomic mass is 10.2. The summed E-state index contributed by atoms with van der Waals surface area (Å²) in [6.07, 6.45) is 6.81. The van der Waals surface area contributed by atoms with E-state index in [2.05, 4.69) is 44.8 Å². The van der Waals surface area contributed by atoms with Gasteiger partial charge < -0.3 is 9.47 Å². The van der Waals surface area contributed by atoms with Crippen LogP contribution in [0, 0.1) is 0 Å². The van der Waals surface area contributed by atoms with Crippen molar-refractivity contribution in [1.29, 1.82) is 0 Å². The Morgan fingerprint density at radius 1 is 1.28 bits per heavy atom. The van der Waals surface area contributed by atoms with Crippen molar-refractivity contribution in [3.63, 3.8) is 0 Å². The summed E-state index contributed by atoms with van der Waals surface area (Å²) in [6, 6.07) is 6.05. The summed E-state index contributed by atoms with van der Waals surface area (Å²) in [5.41, 5.74) is 0.761. The van der Waals surface area contributed by atoms with E-state index in [-0.39, 0.29) is 6.10 Å². The summed E-state index contributed by atoms with van der Waals surface area (Å²) in [6.45, 7) is 4.90. The van der Waals surface area contributed by atoms with Gasteiger partial charge in [0.15, 0.2) is 5.82 Å². The van der Waals surface area contributed by atoms with Gasteiger partial charge in [-0.25, -0.2) is 10.0 Å². The first kappa shape index (κ1) is 20.6. The Hall–Kier alpha value is -0.760. The van der Waals surface area contributed by atoms with Crippen molar-refractivity contribution in [2.45, 2.75) is 26.7 Å². The second-order valence-corrected chi connectivity index (χ2v) is 12.8. The van der Waals surface area contributed by atoms with Gasteiger partial charge in [0.25, 0.3) is 0 Å². The van der Waals surface area contributed by atoms with E-state index in [9.17, 15) is 0 Å². The first-order chi connectivity index (χ1) is 11.7. The quantitative estimate of drug-likeness (QED) is 0.541. The van der Waals surface area contributed by atoms with Crippen molar-refractivity contribution in [2.24, 2.45) is 0 Å². The Morgan fingerprint density at radius 2 is 2.00 bits per heavy atom. The molecular formula is C17H25BrClN3O2S. The van der Waals surface area contributed by atoms with Gasteiger partial charge in [-0.05, 0) is 50.8 Å². The van der Waals surface area contributed by atoms with E-state index in [1.165, 1.54) is 0 Å². The molecule has 1 heterocycles. The normalized spacial score (nSPS) is 12.6. The van der Waals surface area contributed by atoms with Crippen molar-refractivity contribution in [2.75, 3.05) is 31.1 Å². The predicted octanol–water partition coefficient (Wildman–Crippen LogP) is 4.82. The molecule has 0 unspecified atom stereocenters. The second-order valence-electron chi connectivity index (χ2n) is 6.84. The number of aromatic nitrogens is 3. The second kappa shape index (κ2) is 8.75. The van der Waals surface area contributed by atoms with E-state index < -0.39 is 10.0 Å². The highest BCUT2D eigenvalue weighted by Gasteiger charge is 2.16. The molecule has 0 amide bonds. The summed E-state index contributed by atoms with van der Waals surface area (Å²) in [4.78, 5) is 4.49. The lowest BCUT2D eigenvalue weighted by molar-refractivity contribution is 0.0680. The van der Waals surface area contributed by atoms with Crippen LogP contribution in [0.25, 0.3) is 11.4 Å². The molecule has 0 saturated heterocycles. The number of nitrogens with zero attached hydrogens (tertiary/aromatic N) is 3. The molecule has 2 aromatic rings. The minimum absolute atomic E-state index is 0.00444. The average molecular weight is 451 g/mol. The molecular weight excluding hydrogens is 426 g/mol. The van der Waals surface area contributed by atoms with Crippen LogP contribution < -0.4 is 4.74 Å². The van der Waals surface area contributed by atoms with Crippen LogP contribution in [0.1, 0.15) is 13.8 Å². The molecule has 0 atom stereocenters. The third-order valence-corrected chi connectivity index (χ3v) is 5.40. The van der Waals surface area contributed by atoms with Crippen molar-refractivity contribution >= 4 is 37.6 Å². The van der Waals surface area contributed by atoms with Crippen LogP contribution in [0.5, 0.6) is 6.01 Å². The van der Waals surface area contributed by atoms with Crippen molar-refractivity contribution in [3.8, 4) is 17.4 Å². The van der Waals surface area contributed by atoms with E-state index in [1.54, 1.807) is 4.68 Å². The zero-order valence-electron chi connectivity index (χ0n) is 15.3. The van der Waals surface area contributed by atoms with Gasteiger partial charge in [-0.1, -0.05) is 27.5 Å². The van der Waals surface area contributed by atoms with Gasteiger partial charge in [0.2, 0.25) is 0 Å². The Balaban J connectivity index is 2.18. The van der Waals surface area contributed by atoms with E-state index in [0.29, 0.717) is 30.2 Å². The number of rotatable bonds is 8. The molecule has 0 radical (unpaired) electrons. The zero-order chi connectivity index (χ0) is 18.6. The largest absolute Gasteiger partial charge is 0.461 e. The fourth-order valence-electron chi connectivity index (χ4n) is 1.95. The molecule has 0 bridgehead atoms. The standard InChI is InChI=1S/C17H25BrClN3O2S/c1-12(2)24-17-20-16(14-7-6-13(18)10-15(14)19)21-22(17)11-23-8-9-25(3,4)5/h6-7,10,12H,8-9,11H2,1-5H3. The molecule has 25 heavy (non-hydrogen) atoms. The molecule has 0 aliphatic heterocycles. The Morgan fingerprint density at radius 3 is 2.60 bits per heavy atom. The molecule has 2 rings (SSSR count). The van der Waals surface area contributed by atoms with E-state index in [1.807, 2.05) is 32.0 Å². The average Bonchev–Trinajstić information content (AvgIpc) is 2.84. The van der Waals surface area contributed by atoms with Gasteiger partial charge >= 0.3 is 6.01 Å². The molecule has 0 fully saturated rings. The van der Waals surface area contributed by atoms with Crippen LogP contribution in [0.3, 0.4) is 0 Å². The molecule has 5 nitrogen and oxygen atoms in total. The van der Waals surface area contributed by atoms with Gasteiger partial charge in [0.05, 0.1) is 17.7 Å². The summed E-state index contributed by atoms with van der Waals surface area (Å²) < 4.78 is 14.1. The molecule has 0 aliphatic rings. The number of halogens is 2. The monoisotopic (exact) mass is 449 g/mol. The van der Waals surface area contributed by atoms with E-state index >= 15 is 0 Å². The fraction of sp³-hybridized carbons (Fsp3) is 0.529. The molecule has 0 spiro atoms. The topological polar surface area (TPSA) is 49.2 Å². The minimum atomic E-state index is -0.579. The van der Waals surface area contributed by atoms with Crippen molar-refractivity contribution in [3.05, 3.63) is 27.7 Å². The lowest BCUT2D eigenvalue weighted by Gasteiger charge is -2.24. The fourth-order valence-corrected chi connectivity index (χ4v) is 3.33. The highest BCUT2D eigenvalue weighted by molar-refractivity contribution is 9.10. The summed E-state index contributed by atoms with van der Waals surface area (Å²) in [7, 11) is -0.579. The highest BCUT2D eigenvalue weighted by atomic mass is 79.9. The van der Waals surface area contributed by atoms with Gasteiger partial charge in [-0.2, -0.15) is 9.67 Å². The van der Waals surface area contributed by atoms with Crippen molar-refractivity contribution in [1.82, 2.24) is 14.8 Å². The number of benzene rings is 1. The SMILES string of the molecule is CC(C)Oc1nc(-c2ccc(Br)cc2Cl)nn1COCCS(C)(C)C. The number of ether oxygens (including phenoxy) is 2. The Kier molecular flexibility index (Phi) is 7.19. The first-order valence-electron chi connectivity index (χ1n) is 7.96. The number of hydrogen-bond donors (Lipinski definition) is 0. The molecule has 8 heteroatoms. The van der Waals surface area contributed by atoms with Gasteiger partial charge in [0, 0.05) is 15.8 Å². The van der Waals surface area contributed by atoms with Gasteiger partial charge in [-0.3, -0.25) is 0 Å². The van der Waals surface area contributed by atoms with E-state index in [0.717, 1.165) is 15.8 Å². The lowest BCUT2D eigenvalue weighted by Crippen LogP contribution is -2.15. The minimum Gasteiger partial charge on any atom is -0.461 e.